The molecule has 0 aromatic heterocycles. The van der Waals surface area contributed by atoms with E-state index in [0.29, 0.717) is 23.7 Å². The predicted molar refractivity (Wildman–Crippen MR) is 82.9 cm³/mol. The molecule has 1 aromatic rings. The fourth-order valence-corrected chi connectivity index (χ4v) is 3.62. The van der Waals surface area contributed by atoms with Gasteiger partial charge in [-0.25, -0.2) is 13.1 Å². The molecule has 21 heavy (non-hydrogen) atoms. The van der Waals surface area contributed by atoms with Gasteiger partial charge >= 0.3 is 0 Å². The van der Waals surface area contributed by atoms with Crippen LogP contribution in [0, 0.1) is 5.41 Å². The number of hydrogen-bond acceptors (Lipinski definition) is 4. The highest BCUT2D eigenvalue weighted by atomic mass is 32.2. The van der Waals surface area contributed by atoms with Crippen molar-refractivity contribution in [3.8, 4) is 5.75 Å². The monoisotopic (exact) mass is 312 g/mol. The molecule has 0 bridgehead atoms. The lowest BCUT2D eigenvalue weighted by Gasteiger charge is -2.15. The minimum Gasteiger partial charge on any atom is -0.496 e. The van der Waals surface area contributed by atoms with Gasteiger partial charge < -0.3 is 10.1 Å². The zero-order chi connectivity index (χ0) is 15.5. The smallest absolute Gasteiger partial charge is 0.240 e. The van der Waals surface area contributed by atoms with Crippen LogP contribution in [0.2, 0.25) is 0 Å². The number of rotatable bonds is 8. The third-order valence-corrected chi connectivity index (χ3v) is 5.67. The van der Waals surface area contributed by atoms with Crippen molar-refractivity contribution in [2.24, 2.45) is 5.41 Å². The lowest BCUT2D eigenvalue weighted by Crippen LogP contribution is -2.30. The van der Waals surface area contributed by atoms with E-state index in [0.717, 1.165) is 24.8 Å². The largest absolute Gasteiger partial charge is 0.496 e. The highest BCUT2D eigenvalue weighted by Gasteiger charge is 2.41. The van der Waals surface area contributed by atoms with Gasteiger partial charge in [0.2, 0.25) is 10.0 Å². The van der Waals surface area contributed by atoms with Gasteiger partial charge in [0.05, 0.1) is 12.0 Å². The Morgan fingerprint density at radius 1 is 1.33 bits per heavy atom. The molecule has 2 N–H and O–H groups in total. The third kappa shape index (κ3) is 3.75. The number of sulfonamides is 1. The third-order valence-electron chi connectivity index (χ3n) is 4.27. The maximum atomic E-state index is 12.4. The molecular formula is C15H24N2O3S. The van der Waals surface area contributed by atoms with Crippen molar-refractivity contribution < 1.29 is 13.2 Å². The summed E-state index contributed by atoms with van der Waals surface area (Å²) < 4.78 is 32.8. The van der Waals surface area contributed by atoms with Crippen molar-refractivity contribution in [3.05, 3.63) is 23.8 Å². The summed E-state index contributed by atoms with van der Waals surface area (Å²) in [5, 5.41) is 3.02. The van der Waals surface area contributed by atoms with Gasteiger partial charge in [0.1, 0.15) is 5.75 Å². The molecule has 0 heterocycles. The Morgan fingerprint density at radius 2 is 2.05 bits per heavy atom. The fraction of sp³-hybridized carbons (Fsp3) is 0.600. The van der Waals surface area contributed by atoms with Crippen LogP contribution in [-0.4, -0.2) is 29.1 Å². The molecule has 0 radical (unpaired) electrons. The predicted octanol–water partition coefficient (Wildman–Crippen LogP) is 1.88. The van der Waals surface area contributed by atoms with E-state index < -0.39 is 10.0 Å². The van der Waals surface area contributed by atoms with Crippen LogP contribution >= 0.6 is 0 Å². The molecule has 0 atom stereocenters. The van der Waals surface area contributed by atoms with Crippen molar-refractivity contribution in [2.75, 3.05) is 20.7 Å². The number of benzene rings is 1. The number of nitrogens with one attached hydrogen (secondary N) is 2. The van der Waals surface area contributed by atoms with Crippen molar-refractivity contribution in [2.45, 2.75) is 37.6 Å². The van der Waals surface area contributed by atoms with E-state index >= 15 is 0 Å². The summed E-state index contributed by atoms with van der Waals surface area (Å²) in [4.78, 5) is 0.292. The van der Waals surface area contributed by atoms with Crippen LogP contribution in [0.5, 0.6) is 5.75 Å². The summed E-state index contributed by atoms with van der Waals surface area (Å²) in [6.45, 7) is 3.20. The lowest BCUT2D eigenvalue weighted by molar-refractivity contribution is 0.408. The van der Waals surface area contributed by atoms with E-state index in [-0.39, 0.29) is 5.41 Å². The van der Waals surface area contributed by atoms with Crippen molar-refractivity contribution in [1.29, 1.82) is 0 Å². The van der Waals surface area contributed by atoms with Gasteiger partial charge in [-0.2, -0.15) is 0 Å². The molecule has 1 aromatic carbocycles. The van der Waals surface area contributed by atoms with Gasteiger partial charge in [0.25, 0.3) is 0 Å². The van der Waals surface area contributed by atoms with Gasteiger partial charge in [-0.3, -0.25) is 0 Å². The number of methoxy groups -OCH3 is 1. The van der Waals surface area contributed by atoms with Crippen LogP contribution < -0.4 is 14.8 Å². The Morgan fingerprint density at radius 3 is 2.57 bits per heavy atom. The van der Waals surface area contributed by atoms with E-state index in [2.05, 4.69) is 17.0 Å². The summed E-state index contributed by atoms with van der Waals surface area (Å²) >= 11 is 0. The summed E-state index contributed by atoms with van der Waals surface area (Å²) in [5.41, 5.74) is 1.02. The van der Waals surface area contributed by atoms with E-state index in [9.17, 15) is 8.42 Å². The summed E-state index contributed by atoms with van der Waals surface area (Å²) in [7, 11) is -0.0639. The first-order valence-corrected chi connectivity index (χ1v) is 8.76. The first-order valence-electron chi connectivity index (χ1n) is 7.27. The van der Waals surface area contributed by atoms with Gasteiger partial charge in [-0.1, -0.05) is 6.92 Å². The first-order chi connectivity index (χ1) is 9.96. The van der Waals surface area contributed by atoms with Crippen LogP contribution in [0.3, 0.4) is 0 Å². The Kier molecular flexibility index (Phi) is 4.91. The van der Waals surface area contributed by atoms with Crippen molar-refractivity contribution in [3.63, 3.8) is 0 Å². The molecule has 0 spiro atoms. The zero-order valence-electron chi connectivity index (χ0n) is 12.9. The maximum Gasteiger partial charge on any atom is 0.240 e. The van der Waals surface area contributed by atoms with Gasteiger partial charge in [-0.05, 0) is 49.9 Å². The molecule has 6 heteroatoms. The first kappa shape index (κ1) is 16.3. The van der Waals surface area contributed by atoms with Crippen molar-refractivity contribution in [1.82, 2.24) is 10.0 Å². The molecule has 1 saturated carbocycles. The Labute approximate surface area is 127 Å². The van der Waals surface area contributed by atoms with Gasteiger partial charge in [0, 0.05) is 18.7 Å². The quantitative estimate of drug-likeness (QED) is 0.769. The molecule has 0 saturated heterocycles. The highest BCUT2D eigenvalue weighted by Crippen LogP contribution is 2.48. The molecular weight excluding hydrogens is 288 g/mol. The molecule has 1 fully saturated rings. The second-order valence-corrected chi connectivity index (χ2v) is 7.45. The molecule has 0 amide bonds. The Bertz CT molecular complexity index is 595. The second kappa shape index (κ2) is 6.34. The lowest BCUT2D eigenvalue weighted by atomic mass is 10.1. The molecule has 118 valence electrons. The van der Waals surface area contributed by atoms with Crippen LogP contribution in [0.15, 0.2) is 23.1 Å². The van der Waals surface area contributed by atoms with Gasteiger partial charge in [0.15, 0.2) is 0 Å². The van der Waals surface area contributed by atoms with Gasteiger partial charge in [-0.15, -0.1) is 0 Å². The minimum atomic E-state index is -3.46. The summed E-state index contributed by atoms with van der Waals surface area (Å²) in [6.07, 6.45) is 3.24. The topological polar surface area (TPSA) is 67.4 Å². The molecule has 1 aliphatic rings. The molecule has 0 aliphatic heterocycles. The number of hydrogen-bond donors (Lipinski definition) is 2. The van der Waals surface area contributed by atoms with Crippen LogP contribution in [0.1, 0.15) is 31.7 Å². The van der Waals surface area contributed by atoms with Crippen molar-refractivity contribution >= 4 is 10.0 Å². The Hall–Kier alpha value is -1.11. The van der Waals surface area contributed by atoms with Crippen LogP contribution in [0.4, 0.5) is 0 Å². The average molecular weight is 312 g/mol. The Balaban J connectivity index is 2.17. The maximum absolute atomic E-state index is 12.4. The summed E-state index contributed by atoms with van der Waals surface area (Å²) in [6, 6.07) is 4.96. The molecule has 1 aliphatic carbocycles. The highest BCUT2D eigenvalue weighted by molar-refractivity contribution is 7.89. The van der Waals surface area contributed by atoms with E-state index in [1.165, 1.54) is 0 Å². The molecule has 2 rings (SSSR count). The number of ether oxygens (including phenoxy) is 1. The fourth-order valence-electron chi connectivity index (χ4n) is 2.41. The van der Waals surface area contributed by atoms with E-state index in [1.54, 1.807) is 25.3 Å². The summed E-state index contributed by atoms with van der Waals surface area (Å²) in [5.74, 6) is 0.690. The van der Waals surface area contributed by atoms with E-state index in [1.807, 2.05) is 7.05 Å². The molecule has 5 nitrogen and oxygen atoms in total. The average Bonchev–Trinajstić information content (AvgIpc) is 3.26. The minimum absolute atomic E-state index is 0.188. The standard InChI is InChI=1S/C15H24N2O3S/c1-4-15(7-8-15)11-17-21(18,19)13-5-6-14(20-3)12(9-13)10-16-2/h5-6,9,16-17H,4,7-8,10-11H2,1-3H3. The molecule has 0 unspecified atom stereocenters. The van der Waals surface area contributed by atoms with Crippen LogP contribution in [-0.2, 0) is 16.6 Å². The second-order valence-electron chi connectivity index (χ2n) is 5.68. The zero-order valence-corrected chi connectivity index (χ0v) is 13.7. The SMILES string of the molecule is CCC1(CNS(=O)(=O)c2ccc(OC)c(CNC)c2)CC1. The normalized spacial score (nSPS) is 16.7. The van der Waals surface area contributed by atoms with E-state index in [4.69, 9.17) is 4.74 Å². The van der Waals surface area contributed by atoms with Crippen LogP contribution in [0.25, 0.3) is 0 Å².